The first kappa shape index (κ1) is 10.9. The quantitative estimate of drug-likeness (QED) is 0.688. The van der Waals surface area contributed by atoms with Crippen LogP contribution in [0.4, 0.5) is 11.6 Å². The zero-order valence-corrected chi connectivity index (χ0v) is 8.92. The van der Waals surface area contributed by atoms with Crippen LogP contribution in [0.15, 0.2) is 30.3 Å². The van der Waals surface area contributed by atoms with Gasteiger partial charge in [0.1, 0.15) is 17.2 Å². The number of nitrogen functional groups attached to an aromatic ring is 2. The van der Waals surface area contributed by atoms with E-state index in [2.05, 4.69) is 9.97 Å². The molecule has 0 saturated carbocycles. The molecule has 2 rings (SSSR count). The minimum absolute atomic E-state index is 0.0103. The number of carbonyl (C=O) groups excluding carboxylic acids is 1. The first-order valence-electron chi connectivity index (χ1n) is 4.88. The number of carbonyl (C=O) groups is 1. The predicted molar refractivity (Wildman–Crippen MR) is 64.8 cm³/mol. The highest BCUT2D eigenvalue weighted by molar-refractivity contribution is 6.01. The van der Waals surface area contributed by atoms with Gasteiger partial charge in [0, 0.05) is 5.56 Å². The fourth-order valence-corrected chi connectivity index (χ4v) is 1.46. The molecule has 6 N–H and O–H groups in total. The maximum absolute atomic E-state index is 11.1. The molecule has 0 spiro atoms. The fourth-order valence-electron chi connectivity index (χ4n) is 1.46. The van der Waals surface area contributed by atoms with Gasteiger partial charge in [-0.3, -0.25) is 4.79 Å². The average molecular weight is 229 g/mol. The van der Waals surface area contributed by atoms with Gasteiger partial charge in [-0.2, -0.15) is 0 Å². The number of amides is 1. The molecular formula is C11H11N5O. The molecule has 1 aromatic heterocycles. The van der Waals surface area contributed by atoms with Crippen molar-refractivity contribution in [3.8, 4) is 11.4 Å². The van der Waals surface area contributed by atoms with Crippen LogP contribution in [0.2, 0.25) is 0 Å². The van der Waals surface area contributed by atoms with Crippen LogP contribution in [-0.4, -0.2) is 15.9 Å². The molecule has 1 aromatic carbocycles. The number of hydrogen-bond acceptors (Lipinski definition) is 5. The van der Waals surface area contributed by atoms with Crippen LogP contribution < -0.4 is 17.2 Å². The Kier molecular flexibility index (Phi) is 2.61. The Labute approximate surface area is 97.5 Å². The number of primary amides is 1. The molecule has 0 radical (unpaired) electrons. The number of nitrogens with two attached hydrogens (primary N) is 3. The second kappa shape index (κ2) is 4.09. The zero-order chi connectivity index (χ0) is 12.4. The first-order valence-corrected chi connectivity index (χ1v) is 4.88. The standard InChI is InChI=1S/C11H11N5O/c12-8-7(10(14)17)9(13)16-11(15-8)6-4-2-1-3-5-6/h1-5H,(H2,14,17)(H4,12,13,15,16). The van der Waals surface area contributed by atoms with Gasteiger partial charge in [0.15, 0.2) is 5.82 Å². The van der Waals surface area contributed by atoms with Crippen molar-refractivity contribution in [1.82, 2.24) is 9.97 Å². The number of anilines is 2. The van der Waals surface area contributed by atoms with Gasteiger partial charge in [0.25, 0.3) is 5.91 Å². The summed E-state index contributed by atoms with van der Waals surface area (Å²) in [5.41, 5.74) is 17.1. The summed E-state index contributed by atoms with van der Waals surface area (Å²) in [6.45, 7) is 0. The third kappa shape index (κ3) is 2.00. The van der Waals surface area contributed by atoms with Crippen LogP contribution in [0, 0.1) is 0 Å². The largest absolute Gasteiger partial charge is 0.383 e. The van der Waals surface area contributed by atoms with E-state index < -0.39 is 5.91 Å². The second-order valence-corrected chi connectivity index (χ2v) is 3.42. The monoisotopic (exact) mass is 229 g/mol. The van der Waals surface area contributed by atoms with Gasteiger partial charge in [0.2, 0.25) is 0 Å². The van der Waals surface area contributed by atoms with Gasteiger partial charge in [-0.1, -0.05) is 30.3 Å². The Bertz CT molecular complexity index is 544. The van der Waals surface area contributed by atoms with Crippen molar-refractivity contribution in [2.24, 2.45) is 5.73 Å². The van der Waals surface area contributed by atoms with Gasteiger partial charge in [-0.05, 0) is 0 Å². The van der Waals surface area contributed by atoms with Crippen LogP contribution in [0.5, 0.6) is 0 Å². The summed E-state index contributed by atoms with van der Waals surface area (Å²) in [5.74, 6) is -0.391. The highest BCUT2D eigenvalue weighted by Gasteiger charge is 2.15. The van der Waals surface area contributed by atoms with Crippen LogP contribution in [0.3, 0.4) is 0 Å². The lowest BCUT2D eigenvalue weighted by Crippen LogP contribution is -2.18. The molecule has 86 valence electrons. The Morgan fingerprint density at radius 1 is 1.00 bits per heavy atom. The Hall–Kier alpha value is -2.63. The lowest BCUT2D eigenvalue weighted by molar-refractivity contribution is 0.100. The maximum Gasteiger partial charge on any atom is 0.256 e. The van der Waals surface area contributed by atoms with Gasteiger partial charge in [-0.25, -0.2) is 9.97 Å². The van der Waals surface area contributed by atoms with Crippen LogP contribution in [0.25, 0.3) is 11.4 Å². The van der Waals surface area contributed by atoms with Crippen molar-refractivity contribution in [2.45, 2.75) is 0 Å². The van der Waals surface area contributed by atoms with Crippen molar-refractivity contribution in [2.75, 3.05) is 11.5 Å². The van der Waals surface area contributed by atoms with Crippen molar-refractivity contribution in [3.63, 3.8) is 0 Å². The zero-order valence-electron chi connectivity index (χ0n) is 8.92. The van der Waals surface area contributed by atoms with E-state index in [0.717, 1.165) is 5.56 Å². The molecular weight excluding hydrogens is 218 g/mol. The van der Waals surface area contributed by atoms with E-state index in [1.165, 1.54) is 0 Å². The molecule has 1 amide bonds. The highest BCUT2D eigenvalue weighted by atomic mass is 16.1. The fraction of sp³-hybridized carbons (Fsp3) is 0. The van der Waals surface area contributed by atoms with Crippen LogP contribution >= 0.6 is 0 Å². The Morgan fingerprint density at radius 3 is 2.00 bits per heavy atom. The van der Waals surface area contributed by atoms with E-state index in [0.29, 0.717) is 5.82 Å². The van der Waals surface area contributed by atoms with Gasteiger partial charge >= 0.3 is 0 Å². The molecule has 1 heterocycles. The Balaban J connectivity index is 2.57. The third-order valence-corrected chi connectivity index (χ3v) is 2.24. The number of nitrogens with zero attached hydrogens (tertiary/aromatic N) is 2. The number of aromatic nitrogens is 2. The van der Waals surface area contributed by atoms with E-state index in [1.807, 2.05) is 30.3 Å². The molecule has 0 aliphatic carbocycles. The first-order chi connectivity index (χ1) is 8.09. The summed E-state index contributed by atoms with van der Waals surface area (Å²) in [6.07, 6.45) is 0. The molecule has 0 saturated heterocycles. The summed E-state index contributed by atoms with van der Waals surface area (Å²) in [7, 11) is 0. The van der Waals surface area contributed by atoms with Crippen molar-refractivity contribution < 1.29 is 4.79 Å². The molecule has 0 aliphatic heterocycles. The van der Waals surface area contributed by atoms with Crippen LogP contribution in [-0.2, 0) is 0 Å². The van der Waals surface area contributed by atoms with Crippen molar-refractivity contribution >= 4 is 17.5 Å². The summed E-state index contributed by atoms with van der Waals surface area (Å²) in [4.78, 5) is 19.1. The van der Waals surface area contributed by atoms with Crippen LogP contribution in [0.1, 0.15) is 10.4 Å². The van der Waals surface area contributed by atoms with Crippen molar-refractivity contribution in [3.05, 3.63) is 35.9 Å². The lowest BCUT2D eigenvalue weighted by atomic mass is 10.2. The van der Waals surface area contributed by atoms with E-state index in [4.69, 9.17) is 17.2 Å². The summed E-state index contributed by atoms with van der Waals surface area (Å²) < 4.78 is 0. The predicted octanol–water partition coefficient (Wildman–Crippen LogP) is 0.407. The minimum Gasteiger partial charge on any atom is -0.383 e. The van der Waals surface area contributed by atoms with E-state index in [9.17, 15) is 4.79 Å². The topological polar surface area (TPSA) is 121 Å². The summed E-state index contributed by atoms with van der Waals surface area (Å²) >= 11 is 0. The number of rotatable bonds is 2. The van der Waals surface area contributed by atoms with E-state index in [-0.39, 0.29) is 17.2 Å². The molecule has 0 aliphatic rings. The molecule has 17 heavy (non-hydrogen) atoms. The highest BCUT2D eigenvalue weighted by Crippen LogP contribution is 2.21. The van der Waals surface area contributed by atoms with Gasteiger partial charge < -0.3 is 17.2 Å². The van der Waals surface area contributed by atoms with Gasteiger partial charge in [-0.15, -0.1) is 0 Å². The van der Waals surface area contributed by atoms with E-state index >= 15 is 0 Å². The maximum atomic E-state index is 11.1. The Morgan fingerprint density at radius 2 is 1.53 bits per heavy atom. The molecule has 6 heteroatoms. The molecule has 0 fully saturated rings. The molecule has 0 atom stereocenters. The van der Waals surface area contributed by atoms with E-state index in [1.54, 1.807) is 0 Å². The number of benzene rings is 1. The lowest BCUT2D eigenvalue weighted by Gasteiger charge is -2.07. The SMILES string of the molecule is NC(=O)c1c(N)nc(-c2ccccc2)nc1N. The molecule has 6 nitrogen and oxygen atoms in total. The normalized spacial score (nSPS) is 10.1. The minimum atomic E-state index is -0.736. The third-order valence-electron chi connectivity index (χ3n) is 2.24. The second-order valence-electron chi connectivity index (χ2n) is 3.42. The molecule has 0 unspecified atom stereocenters. The molecule has 0 bridgehead atoms. The molecule has 2 aromatic rings. The summed E-state index contributed by atoms with van der Waals surface area (Å²) in [6, 6.07) is 9.18. The smallest absolute Gasteiger partial charge is 0.256 e. The average Bonchev–Trinajstić information content (AvgIpc) is 2.28. The summed E-state index contributed by atoms with van der Waals surface area (Å²) in [5, 5.41) is 0. The number of hydrogen-bond donors (Lipinski definition) is 3. The van der Waals surface area contributed by atoms with Crippen molar-refractivity contribution in [1.29, 1.82) is 0 Å². The van der Waals surface area contributed by atoms with Gasteiger partial charge in [0.05, 0.1) is 0 Å².